The van der Waals surface area contributed by atoms with E-state index in [1.807, 2.05) is 34.1 Å². The molecule has 1 saturated carbocycles. The van der Waals surface area contributed by atoms with E-state index in [-0.39, 0.29) is 11.8 Å². The van der Waals surface area contributed by atoms with E-state index >= 15 is 0 Å². The number of piperidine rings is 1. The van der Waals surface area contributed by atoms with Crippen molar-refractivity contribution in [2.24, 2.45) is 0 Å². The topological polar surface area (TPSA) is 40.6 Å². The summed E-state index contributed by atoms with van der Waals surface area (Å²) in [6.07, 6.45) is 8.66. The van der Waals surface area contributed by atoms with Gasteiger partial charge in [-0.2, -0.15) is 0 Å². The van der Waals surface area contributed by atoms with Crippen molar-refractivity contribution in [1.29, 1.82) is 0 Å². The molecule has 2 fully saturated rings. The molecule has 1 aromatic rings. The Kier molecular flexibility index (Phi) is 5.54. The standard InChI is InChI=1S/C20H28N2O2/c1-2-21(17-8-4-3-5-9-17)20(24)16-11-13-18(14-12-16)22-15-7-6-10-19(22)23/h11-14,17H,2-10,15H2,1H3. The highest BCUT2D eigenvalue weighted by Gasteiger charge is 2.25. The lowest BCUT2D eigenvalue weighted by Crippen LogP contribution is -2.41. The first-order valence-corrected chi connectivity index (χ1v) is 9.42. The summed E-state index contributed by atoms with van der Waals surface area (Å²) < 4.78 is 0. The molecule has 0 spiro atoms. The van der Waals surface area contributed by atoms with Gasteiger partial charge in [0.25, 0.3) is 5.91 Å². The van der Waals surface area contributed by atoms with E-state index in [9.17, 15) is 9.59 Å². The zero-order valence-corrected chi connectivity index (χ0v) is 14.7. The molecule has 2 aliphatic rings. The largest absolute Gasteiger partial charge is 0.336 e. The van der Waals surface area contributed by atoms with Crippen LogP contribution in [0.2, 0.25) is 0 Å². The van der Waals surface area contributed by atoms with Crippen LogP contribution in [0.1, 0.15) is 68.6 Å². The molecule has 4 nitrogen and oxygen atoms in total. The second-order valence-electron chi connectivity index (χ2n) is 6.93. The van der Waals surface area contributed by atoms with Gasteiger partial charge in [0.15, 0.2) is 0 Å². The van der Waals surface area contributed by atoms with E-state index in [4.69, 9.17) is 0 Å². The number of carbonyl (C=O) groups is 2. The minimum absolute atomic E-state index is 0.126. The third kappa shape index (κ3) is 3.63. The summed E-state index contributed by atoms with van der Waals surface area (Å²) in [6.45, 7) is 3.61. The number of carbonyl (C=O) groups excluding carboxylic acids is 2. The van der Waals surface area contributed by atoms with Crippen molar-refractivity contribution in [2.75, 3.05) is 18.0 Å². The van der Waals surface area contributed by atoms with E-state index in [0.717, 1.165) is 50.0 Å². The number of rotatable bonds is 4. The van der Waals surface area contributed by atoms with Crippen molar-refractivity contribution in [3.63, 3.8) is 0 Å². The van der Waals surface area contributed by atoms with Gasteiger partial charge in [0.05, 0.1) is 0 Å². The third-order valence-corrected chi connectivity index (χ3v) is 5.37. The summed E-state index contributed by atoms with van der Waals surface area (Å²) in [5.74, 6) is 0.318. The molecule has 0 unspecified atom stereocenters. The first kappa shape index (κ1) is 17.0. The number of nitrogens with zero attached hydrogens (tertiary/aromatic N) is 2. The van der Waals surface area contributed by atoms with Gasteiger partial charge in [-0.25, -0.2) is 0 Å². The molecule has 4 heteroatoms. The van der Waals surface area contributed by atoms with Gasteiger partial charge in [0, 0.05) is 36.8 Å². The van der Waals surface area contributed by atoms with Crippen molar-refractivity contribution in [2.45, 2.75) is 64.3 Å². The van der Waals surface area contributed by atoms with Crippen LogP contribution < -0.4 is 4.90 Å². The molecule has 1 heterocycles. The predicted octanol–water partition coefficient (Wildman–Crippen LogP) is 4.00. The maximum atomic E-state index is 12.9. The van der Waals surface area contributed by atoms with Gasteiger partial charge in [-0.1, -0.05) is 19.3 Å². The fraction of sp³-hybridized carbons (Fsp3) is 0.600. The van der Waals surface area contributed by atoms with E-state index in [1.165, 1.54) is 19.3 Å². The van der Waals surface area contributed by atoms with E-state index < -0.39 is 0 Å². The highest BCUT2D eigenvalue weighted by Crippen LogP contribution is 2.25. The molecule has 0 atom stereocenters. The Morgan fingerprint density at radius 2 is 1.79 bits per heavy atom. The molecule has 1 saturated heterocycles. The van der Waals surface area contributed by atoms with Crippen LogP contribution in [-0.4, -0.2) is 35.8 Å². The Balaban J connectivity index is 1.71. The molecule has 0 N–H and O–H groups in total. The number of hydrogen-bond acceptors (Lipinski definition) is 2. The Labute approximate surface area is 144 Å². The van der Waals surface area contributed by atoms with Gasteiger partial charge < -0.3 is 9.80 Å². The smallest absolute Gasteiger partial charge is 0.254 e. The fourth-order valence-corrected chi connectivity index (χ4v) is 3.99. The van der Waals surface area contributed by atoms with Crippen LogP contribution in [0.4, 0.5) is 5.69 Å². The molecule has 0 bridgehead atoms. The van der Waals surface area contributed by atoms with Crippen molar-refractivity contribution in [1.82, 2.24) is 4.90 Å². The fourth-order valence-electron chi connectivity index (χ4n) is 3.99. The zero-order valence-electron chi connectivity index (χ0n) is 14.7. The zero-order chi connectivity index (χ0) is 16.9. The van der Waals surface area contributed by atoms with Crippen molar-refractivity contribution >= 4 is 17.5 Å². The molecule has 1 aliphatic heterocycles. The van der Waals surface area contributed by atoms with Gasteiger partial charge in [-0.15, -0.1) is 0 Å². The monoisotopic (exact) mass is 328 g/mol. The molecular weight excluding hydrogens is 300 g/mol. The van der Waals surface area contributed by atoms with Crippen LogP contribution in [-0.2, 0) is 4.79 Å². The lowest BCUT2D eigenvalue weighted by molar-refractivity contribution is -0.119. The van der Waals surface area contributed by atoms with Crippen molar-refractivity contribution in [3.8, 4) is 0 Å². The Bertz CT molecular complexity index is 576. The summed E-state index contributed by atoms with van der Waals surface area (Å²) >= 11 is 0. The van der Waals surface area contributed by atoms with Crippen LogP contribution in [0, 0.1) is 0 Å². The molecule has 0 aromatic heterocycles. The lowest BCUT2D eigenvalue weighted by atomic mass is 9.93. The number of amides is 2. The van der Waals surface area contributed by atoms with E-state index in [0.29, 0.717) is 12.5 Å². The molecule has 1 aromatic carbocycles. The SMILES string of the molecule is CCN(C(=O)c1ccc(N2CCCCC2=O)cc1)C1CCCCC1. The van der Waals surface area contributed by atoms with Gasteiger partial charge in [0.2, 0.25) is 5.91 Å². The Morgan fingerprint density at radius 3 is 2.42 bits per heavy atom. The molecule has 3 rings (SSSR count). The Hall–Kier alpha value is -1.84. The van der Waals surface area contributed by atoms with Crippen LogP contribution in [0.15, 0.2) is 24.3 Å². The van der Waals surface area contributed by atoms with Gasteiger partial charge >= 0.3 is 0 Å². The van der Waals surface area contributed by atoms with Crippen LogP contribution in [0.25, 0.3) is 0 Å². The maximum absolute atomic E-state index is 12.9. The van der Waals surface area contributed by atoms with Crippen LogP contribution >= 0.6 is 0 Å². The first-order chi connectivity index (χ1) is 11.7. The number of anilines is 1. The molecule has 130 valence electrons. The summed E-state index contributed by atoms with van der Waals surface area (Å²) in [5.41, 5.74) is 1.65. The predicted molar refractivity (Wildman–Crippen MR) is 96.2 cm³/mol. The average Bonchev–Trinajstić information content (AvgIpc) is 2.64. The molecule has 2 amide bonds. The second-order valence-corrected chi connectivity index (χ2v) is 6.93. The summed E-state index contributed by atoms with van der Waals surface area (Å²) in [4.78, 5) is 28.8. The first-order valence-electron chi connectivity index (χ1n) is 9.42. The second kappa shape index (κ2) is 7.82. The normalized spacial score (nSPS) is 19.4. The van der Waals surface area contributed by atoms with Gasteiger partial charge in [-0.05, 0) is 56.9 Å². The molecular formula is C20H28N2O2. The number of hydrogen-bond donors (Lipinski definition) is 0. The summed E-state index contributed by atoms with van der Waals surface area (Å²) in [7, 11) is 0. The minimum Gasteiger partial charge on any atom is -0.336 e. The van der Waals surface area contributed by atoms with E-state index in [1.54, 1.807) is 0 Å². The molecule has 0 radical (unpaired) electrons. The molecule has 1 aliphatic carbocycles. The van der Waals surface area contributed by atoms with Crippen molar-refractivity contribution < 1.29 is 9.59 Å². The third-order valence-electron chi connectivity index (χ3n) is 5.37. The number of benzene rings is 1. The quantitative estimate of drug-likeness (QED) is 0.838. The highest BCUT2D eigenvalue weighted by molar-refractivity contribution is 5.97. The van der Waals surface area contributed by atoms with Crippen molar-refractivity contribution in [3.05, 3.63) is 29.8 Å². The van der Waals surface area contributed by atoms with Crippen LogP contribution in [0.5, 0.6) is 0 Å². The minimum atomic E-state index is 0.126. The van der Waals surface area contributed by atoms with E-state index in [2.05, 4.69) is 6.92 Å². The molecule has 24 heavy (non-hydrogen) atoms. The van der Waals surface area contributed by atoms with Gasteiger partial charge in [-0.3, -0.25) is 9.59 Å². The van der Waals surface area contributed by atoms with Gasteiger partial charge in [0.1, 0.15) is 0 Å². The Morgan fingerprint density at radius 1 is 1.08 bits per heavy atom. The summed E-state index contributed by atoms with van der Waals surface area (Å²) in [6, 6.07) is 7.99. The average molecular weight is 328 g/mol. The lowest BCUT2D eigenvalue weighted by Gasteiger charge is -2.34. The highest BCUT2D eigenvalue weighted by atomic mass is 16.2. The summed E-state index contributed by atoms with van der Waals surface area (Å²) in [5, 5.41) is 0. The van der Waals surface area contributed by atoms with Crippen LogP contribution in [0.3, 0.4) is 0 Å². The maximum Gasteiger partial charge on any atom is 0.254 e.